The summed E-state index contributed by atoms with van der Waals surface area (Å²) in [4.78, 5) is 11.0. The van der Waals surface area contributed by atoms with Crippen LogP contribution in [0.5, 0.6) is 0 Å². The Hall–Kier alpha value is -0.860. The Morgan fingerprint density at radius 1 is 1.47 bits per heavy atom. The molecule has 2 fully saturated rings. The summed E-state index contributed by atoms with van der Waals surface area (Å²) in [5.41, 5.74) is 0. The molecule has 3 atom stereocenters. The number of nitrogens with zero attached hydrogens (tertiary/aromatic N) is 1. The molecule has 0 aliphatic carbocycles. The molecule has 0 aromatic rings. The predicted octanol–water partition coefficient (Wildman–Crippen LogP) is -0.873. The van der Waals surface area contributed by atoms with E-state index in [-0.39, 0.29) is 6.04 Å². The summed E-state index contributed by atoms with van der Waals surface area (Å²) in [6.07, 6.45) is -0.951. The first-order valence-electron chi connectivity index (χ1n) is 5.54. The molecule has 2 aliphatic rings. The molecule has 17 heavy (non-hydrogen) atoms. The number of hydrogen-bond acceptors (Lipinski definition) is 5. The maximum Gasteiger partial charge on any atom is 0.421 e. The highest BCUT2D eigenvalue weighted by Crippen LogP contribution is 2.33. The Morgan fingerprint density at radius 2 is 2.18 bits per heavy atom. The molecule has 0 radical (unpaired) electrons. The van der Waals surface area contributed by atoms with E-state index in [2.05, 4.69) is 10.1 Å². The van der Waals surface area contributed by atoms with Crippen molar-refractivity contribution < 1.29 is 17.9 Å². The van der Waals surface area contributed by atoms with Crippen molar-refractivity contribution in [1.82, 2.24) is 14.3 Å². The zero-order chi connectivity index (χ0) is 12.6. The zero-order valence-corrected chi connectivity index (χ0v) is 10.7. The minimum atomic E-state index is -3.78. The molecule has 0 bridgehead atoms. The molecule has 0 aromatic carbocycles. The third-order valence-electron chi connectivity index (χ3n) is 3.59. The standard InChI is InChI=1S/C9H17N3O4S/c1-6-8-4-10-3-7(8)5-12(6)17(14,15)11-9(13)16-2/h6-8,10H,3-5H2,1-2H3,(H,11,13). The van der Waals surface area contributed by atoms with Crippen molar-refractivity contribution in [1.29, 1.82) is 0 Å². The highest BCUT2D eigenvalue weighted by molar-refractivity contribution is 7.87. The number of rotatable bonds is 2. The van der Waals surface area contributed by atoms with Crippen LogP contribution in [0.3, 0.4) is 0 Å². The van der Waals surface area contributed by atoms with Crippen molar-refractivity contribution in [2.24, 2.45) is 11.8 Å². The average Bonchev–Trinajstić information content (AvgIpc) is 2.81. The van der Waals surface area contributed by atoms with Gasteiger partial charge in [0, 0.05) is 12.6 Å². The monoisotopic (exact) mass is 263 g/mol. The number of ether oxygens (including phenoxy) is 1. The van der Waals surface area contributed by atoms with Crippen molar-refractivity contribution in [2.45, 2.75) is 13.0 Å². The normalized spacial score (nSPS) is 33.4. The van der Waals surface area contributed by atoms with Crippen molar-refractivity contribution in [3.05, 3.63) is 0 Å². The lowest BCUT2D eigenvalue weighted by molar-refractivity contribution is 0.176. The van der Waals surface area contributed by atoms with Gasteiger partial charge >= 0.3 is 16.3 Å². The van der Waals surface area contributed by atoms with E-state index < -0.39 is 16.3 Å². The van der Waals surface area contributed by atoms with E-state index in [1.165, 1.54) is 4.31 Å². The molecule has 0 spiro atoms. The van der Waals surface area contributed by atoms with Crippen molar-refractivity contribution in [3.63, 3.8) is 0 Å². The third kappa shape index (κ3) is 2.24. The van der Waals surface area contributed by atoms with Gasteiger partial charge in [0.15, 0.2) is 0 Å². The van der Waals surface area contributed by atoms with Crippen LogP contribution in [0.4, 0.5) is 4.79 Å². The van der Waals surface area contributed by atoms with E-state index in [4.69, 9.17) is 0 Å². The third-order valence-corrected chi connectivity index (χ3v) is 5.11. The van der Waals surface area contributed by atoms with E-state index in [9.17, 15) is 13.2 Å². The summed E-state index contributed by atoms with van der Waals surface area (Å²) < 4.78 is 31.4. The van der Waals surface area contributed by atoms with Gasteiger partial charge in [-0.1, -0.05) is 0 Å². The van der Waals surface area contributed by atoms with Gasteiger partial charge < -0.3 is 10.1 Å². The van der Waals surface area contributed by atoms with Gasteiger partial charge in [0.1, 0.15) is 0 Å². The molecule has 2 saturated heterocycles. The average molecular weight is 263 g/mol. The van der Waals surface area contributed by atoms with Gasteiger partial charge in [-0.3, -0.25) is 0 Å². The fourth-order valence-electron chi connectivity index (χ4n) is 2.65. The van der Waals surface area contributed by atoms with E-state index in [1.807, 2.05) is 11.6 Å². The largest absolute Gasteiger partial charge is 0.452 e. The lowest BCUT2D eigenvalue weighted by atomic mass is 9.95. The van der Waals surface area contributed by atoms with Gasteiger partial charge in [-0.2, -0.15) is 12.7 Å². The number of fused-ring (bicyclic) bond motifs is 1. The number of carbonyl (C=O) groups is 1. The summed E-state index contributed by atoms with van der Waals surface area (Å²) in [7, 11) is -2.65. The van der Waals surface area contributed by atoms with E-state index in [0.717, 1.165) is 20.2 Å². The number of methoxy groups -OCH3 is 1. The van der Waals surface area contributed by atoms with Crippen LogP contribution < -0.4 is 10.0 Å². The second kappa shape index (κ2) is 4.43. The van der Waals surface area contributed by atoms with Gasteiger partial charge in [0.05, 0.1) is 7.11 Å². The molecule has 0 aromatic heterocycles. The van der Waals surface area contributed by atoms with Crippen LogP contribution in [0.25, 0.3) is 0 Å². The van der Waals surface area contributed by atoms with Gasteiger partial charge in [-0.15, -0.1) is 0 Å². The Labute approximate surface area is 101 Å². The first-order valence-corrected chi connectivity index (χ1v) is 6.98. The molecule has 7 nitrogen and oxygen atoms in total. The summed E-state index contributed by atoms with van der Waals surface area (Å²) in [6, 6.07) is -0.0999. The molecule has 98 valence electrons. The predicted molar refractivity (Wildman–Crippen MR) is 60.5 cm³/mol. The van der Waals surface area contributed by atoms with Gasteiger partial charge in [-0.25, -0.2) is 9.52 Å². The summed E-state index contributed by atoms with van der Waals surface area (Å²) >= 11 is 0. The Morgan fingerprint density at radius 3 is 2.76 bits per heavy atom. The molecule has 2 N–H and O–H groups in total. The van der Waals surface area contributed by atoms with Gasteiger partial charge in [-0.05, 0) is 31.8 Å². The highest BCUT2D eigenvalue weighted by atomic mass is 32.2. The van der Waals surface area contributed by atoms with Crippen LogP contribution in [-0.2, 0) is 14.9 Å². The first-order chi connectivity index (χ1) is 7.95. The second-order valence-electron chi connectivity index (χ2n) is 4.49. The molecular formula is C9H17N3O4S. The Kier molecular flexibility index (Phi) is 3.28. The lowest BCUT2D eigenvalue weighted by Crippen LogP contribution is -2.46. The second-order valence-corrected chi connectivity index (χ2v) is 6.11. The van der Waals surface area contributed by atoms with Gasteiger partial charge in [0.25, 0.3) is 0 Å². The summed E-state index contributed by atoms with van der Waals surface area (Å²) in [5, 5.41) is 3.25. The molecule has 2 heterocycles. The lowest BCUT2D eigenvalue weighted by Gasteiger charge is -2.23. The number of carbonyl (C=O) groups excluding carboxylic acids is 1. The van der Waals surface area contributed by atoms with E-state index >= 15 is 0 Å². The van der Waals surface area contributed by atoms with Crippen molar-refractivity contribution >= 4 is 16.3 Å². The molecule has 2 rings (SSSR count). The first kappa shape index (κ1) is 12.6. The highest BCUT2D eigenvalue weighted by Gasteiger charge is 2.46. The van der Waals surface area contributed by atoms with Gasteiger partial charge in [0.2, 0.25) is 0 Å². The Bertz CT molecular complexity index is 410. The minimum Gasteiger partial charge on any atom is -0.452 e. The fourth-order valence-corrected chi connectivity index (χ4v) is 4.04. The maximum absolute atomic E-state index is 11.9. The smallest absolute Gasteiger partial charge is 0.421 e. The number of hydrogen-bond donors (Lipinski definition) is 2. The molecule has 2 aliphatic heterocycles. The quantitative estimate of drug-likeness (QED) is 0.676. The molecular weight excluding hydrogens is 246 g/mol. The minimum absolute atomic E-state index is 0.0999. The van der Waals surface area contributed by atoms with Crippen LogP contribution in [0.15, 0.2) is 0 Å². The Balaban J connectivity index is 2.10. The summed E-state index contributed by atoms with van der Waals surface area (Å²) in [5.74, 6) is 0.656. The van der Waals surface area contributed by atoms with Crippen LogP contribution in [0.1, 0.15) is 6.92 Å². The van der Waals surface area contributed by atoms with Crippen molar-refractivity contribution in [2.75, 3.05) is 26.7 Å². The molecule has 8 heteroatoms. The summed E-state index contributed by atoms with van der Waals surface area (Å²) in [6.45, 7) is 3.98. The van der Waals surface area contributed by atoms with Crippen LogP contribution in [-0.4, -0.2) is 51.6 Å². The number of nitrogens with one attached hydrogen (secondary N) is 2. The van der Waals surface area contributed by atoms with E-state index in [0.29, 0.717) is 18.4 Å². The van der Waals surface area contributed by atoms with Crippen LogP contribution >= 0.6 is 0 Å². The van der Waals surface area contributed by atoms with Crippen LogP contribution in [0, 0.1) is 11.8 Å². The molecule has 0 saturated carbocycles. The molecule has 1 amide bonds. The number of amides is 1. The molecule has 3 unspecified atom stereocenters. The topological polar surface area (TPSA) is 87.7 Å². The maximum atomic E-state index is 11.9. The fraction of sp³-hybridized carbons (Fsp3) is 0.889. The zero-order valence-electron chi connectivity index (χ0n) is 9.84. The van der Waals surface area contributed by atoms with E-state index in [1.54, 1.807) is 0 Å². The van der Waals surface area contributed by atoms with Crippen molar-refractivity contribution in [3.8, 4) is 0 Å². The van der Waals surface area contributed by atoms with Crippen LogP contribution in [0.2, 0.25) is 0 Å². The SMILES string of the molecule is COC(=O)NS(=O)(=O)N1CC2CNCC2C1C.